The Balaban J connectivity index is 0.00000169. The van der Waals surface area contributed by atoms with Crippen molar-refractivity contribution in [2.24, 2.45) is 0 Å². The van der Waals surface area contributed by atoms with Gasteiger partial charge in [0.1, 0.15) is 10.1 Å². The Kier molecular flexibility index (Phi) is 4.37. The molecule has 24 heavy (non-hydrogen) atoms. The average molecular weight is 349 g/mol. The van der Waals surface area contributed by atoms with Crippen LogP contribution in [0.1, 0.15) is 0 Å². The fraction of sp³-hybridized carbons (Fsp3) is 0. The molecule has 0 aromatic heterocycles. The maximum Gasteiger partial charge on any atom is 1.00 e. The predicted octanol–water partition coefficient (Wildman–Crippen LogP) is 1.71. The monoisotopic (exact) mass is 348 g/mol. The van der Waals surface area contributed by atoms with Crippen LogP contribution in [-0.2, 0) is 10.1 Å². The number of halogens is 1. The van der Waals surface area contributed by atoms with Crippen molar-refractivity contribution < 1.29 is 31.8 Å². The van der Waals surface area contributed by atoms with Crippen molar-refractivity contribution in [1.82, 2.24) is 0 Å². The Morgan fingerprint density at radius 2 is 1.29 bits per heavy atom. The molecule has 6 heteroatoms. The van der Waals surface area contributed by atoms with E-state index < -0.39 is 10.1 Å². The third-order valence-electron chi connectivity index (χ3n) is 3.99. The Morgan fingerprint density at radius 1 is 0.750 bits per heavy atom. The molecule has 0 heterocycles. The first kappa shape index (κ1) is 17.3. The van der Waals surface area contributed by atoms with E-state index in [1.807, 2.05) is 42.5 Å². The van der Waals surface area contributed by atoms with Gasteiger partial charge in [-0.1, -0.05) is 41.9 Å². The van der Waals surface area contributed by atoms with Crippen LogP contribution in [-0.4, -0.2) is 13.0 Å². The summed E-state index contributed by atoms with van der Waals surface area (Å²) in [5.41, 5.74) is 0. The van der Waals surface area contributed by atoms with Crippen molar-refractivity contribution in [3.05, 3.63) is 65.7 Å². The van der Waals surface area contributed by atoms with Gasteiger partial charge in [-0.2, -0.15) is 0 Å². The van der Waals surface area contributed by atoms with E-state index in [1.54, 1.807) is 12.1 Å². The third-order valence-corrected chi connectivity index (χ3v) is 5.36. The van der Waals surface area contributed by atoms with E-state index in [-0.39, 0.29) is 28.8 Å². The van der Waals surface area contributed by atoms with Gasteiger partial charge < -0.3 is 4.55 Å². The summed E-state index contributed by atoms with van der Waals surface area (Å²) in [5, 5.41) is 4.98. The van der Waals surface area contributed by atoms with Crippen LogP contribution in [0.25, 0.3) is 32.3 Å². The molecule has 4 rings (SSSR count). The summed E-state index contributed by atoms with van der Waals surface area (Å²) < 4.78 is 34.7. The minimum atomic E-state index is -4.65. The fourth-order valence-electron chi connectivity index (χ4n) is 2.97. The minimum Gasteiger partial charge on any atom is -0.744 e. The maximum atomic E-state index is 11.6. The van der Waals surface area contributed by atoms with Crippen molar-refractivity contribution in [2.45, 2.75) is 4.90 Å². The Hall–Kier alpha value is -1.54. The van der Waals surface area contributed by atoms with E-state index >= 15 is 0 Å². The Bertz CT molecular complexity index is 1200. The van der Waals surface area contributed by atoms with E-state index in [4.69, 9.17) is 11.6 Å². The van der Waals surface area contributed by atoms with Crippen molar-refractivity contribution >= 4 is 54.0 Å². The largest absolute Gasteiger partial charge is 1.00 e. The molecule has 0 N–H and O–H groups in total. The Morgan fingerprint density at radius 3 is 1.88 bits per heavy atom. The molecule has 0 saturated carbocycles. The van der Waals surface area contributed by atoms with Crippen LogP contribution in [0.4, 0.5) is 0 Å². The zero-order valence-corrected chi connectivity index (χ0v) is 14.4. The molecule has 0 unspecified atom stereocenters. The minimum absolute atomic E-state index is 0. The van der Waals surface area contributed by atoms with Crippen LogP contribution < -0.4 is 18.9 Å². The van der Waals surface area contributed by atoms with Crippen molar-refractivity contribution in [3.8, 4) is 0 Å². The maximum absolute atomic E-state index is 11.6. The summed E-state index contributed by atoms with van der Waals surface area (Å²) in [4.78, 5) is -0.355. The molecule has 4 aromatic rings. The van der Waals surface area contributed by atoms with Gasteiger partial charge in [-0.3, -0.25) is 0 Å². The van der Waals surface area contributed by atoms with Crippen LogP contribution in [0.3, 0.4) is 0 Å². The van der Waals surface area contributed by atoms with Crippen molar-refractivity contribution in [1.29, 1.82) is 0 Å². The molecule has 0 bridgehead atoms. The summed E-state index contributed by atoms with van der Waals surface area (Å²) >= 11 is 5.95. The van der Waals surface area contributed by atoms with Gasteiger partial charge in [0, 0.05) is 5.39 Å². The third kappa shape index (κ3) is 2.81. The van der Waals surface area contributed by atoms with Crippen LogP contribution in [0.15, 0.2) is 65.6 Å². The molecule has 0 aliphatic rings. The summed E-state index contributed by atoms with van der Waals surface area (Å²) in [5.74, 6) is 0. The fourth-order valence-corrected chi connectivity index (χ4v) is 4.17. The molecule has 0 fully saturated rings. The molecule has 0 aliphatic heterocycles. The molecule has 0 radical (unpaired) electrons. The SMILES string of the molecule is O=S(=O)([O-])c1c(Cl)ccc2cc3cc4ccccc4cc3cc12.[Li+]. The molecule has 0 aliphatic carbocycles. The van der Waals surface area contributed by atoms with Gasteiger partial charge in [-0.05, 0) is 57.3 Å². The average Bonchev–Trinajstić information content (AvgIpc) is 2.49. The zero-order valence-electron chi connectivity index (χ0n) is 12.8. The molecule has 0 spiro atoms. The second kappa shape index (κ2) is 6.07. The molecule has 114 valence electrons. The van der Waals surface area contributed by atoms with Crippen LogP contribution >= 0.6 is 11.6 Å². The number of fused-ring (bicyclic) bond motifs is 3. The van der Waals surface area contributed by atoms with Crippen LogP contribution in [0, 0.1) is 0 Å². The van der Waals surface area contributed by atoms with Gasteiger partial charge in [-0.25, -0.2) is 8.42 Å². The normalized spacial score (nSPS) is 11.8. The van der Waals surface area contributed by atoms with E-state index in [0.717, 1.165) is 21.5 Å². The number of benzene rings is 4. The summed E-state index contributed by atoms with van der Waals surface area (Å²) in [7, 11) is -4.65. The first-order valence-corrected chi connectivity index (χ1v) is 8.73. The summed E-state index contributed by atoms with van der Waals surface area (Å²) in [6.45, 7) is 0. The standard InChI is InChI=1S/C18H11ClO3S.Li/c19-17-6-5-13-9-14-7-11-3-1-2-4-12(11)8-15(14)10-16(13)18(17)23(20,21)22;/h1-10H,(H,20,21,22);/q;+1/p-1. The summed E-state index contributed by atoms with van der Waals surface area (Å²) in [6.07, 6.45) is 0. The van der Waals surface area contributed by atoms with E-state index in [2.05, 4.69) is 0 Å². The molecule has 0 saturated heterocycles. The topological polar surface area (TPSA) is 57.2 Å². The first-order chi connectivity index (χ1) is 10.9. The zero-order chi connectivity index (χ0) is 16.2. The van der Waals surface area contributed by atoms with Crippen molar-refractivity contribution in [3.63, 3.8) is 0 Å². The molecule has 3 nitrogen and oxygen atoms in total. The van der Waals surface area contributed by atoms with Crippen molar-refractivity contribution in [2.75, 3.05) is 0 Å². The molecule has 0 atom stereocenters. The number of hydrogen-bond acceptors (Lipinski definition) is 3. The molecular weight excluding hydrogens is 339 g/mol. The first-order valence-electron chi connectivity index (χ1n) is 6.94. The number of hydrogen-bond donors (Lipinski definition) is 0. The second-order valence-corrected chi connectivity index (χ2v) is 7.17. The second-order valence-electron chi connectivity index (χ2n) is 5.45. The van der Waals surface area contributed by atoms with Gasteiger partial charge in [0.15, 0.2) is 0 Å². The quantitative estimate of drug-likeness (QED) is 0.299. The van der Waals surface area contributed by atoms with E-state index in [0.29, 0.717) is 10.8 Å². The van der Waals surface area contributed by atoms with Gasteiger partial charge >= 0.3 is 18.9 Å². The van der Waals surface area contributed by atoms with E-state index in [1.165, 1.54) is 6.07 Å². The van der Waals surface area contributed by atoms with Crippen LogP contribution in [0.2, 0.25) is 5.02 Å². The van der Waals surface area contributed by atoms with Gasteiger partial charge in [0.05, 0.1) is 9.92 Å². The smallest absolute Gasteiger partial charge is 0.744 e. The van der Waals surface area contributed by atoms with Gasteiger partial charge in [-0.15, -0.1) is 0 Å². The van der Waals surface area contributed by atoms with Crippen LogP contribution in [0.5, 0.6) is 0 Å². The molecule has 4 aromatic carbocycles. The molecule has 0 amide bonds. The predicted molar refractivity (Wildman–Crippen MR) is 91.9 cm³/mol. The number of rotatable bonds is 1. The van der Waals surface area contributed by atoms with Gasteiger partial charge in [0.2, 0.25) is 0 Å². The Labute approximate surface area is 156 Å². The van der Waals surface area contributed by atoms with E-state index in [9.17, 15) is 13.0 Å². The summed E-state index contributed by atoms with van der Waals surface area (Å²) in [6, 6.07) is 18.7. The molecular formula is C18H10ClLiO3S. The van der Waals surface area contributed by atoms with Gasteiger partial charge in [0.25, 0.3) is 0 Å².